The largest absolute Gasteiger partial charge is 0.481 e. The maximum absolute atomic E-state index is 14.7. The fraction of sp³-hybridized carbons (Fsp3) is 0.143. The molecule has 1 atom stereocenters. The van der Waals surface area contributed by atoms with Crippen molar-refractivity contribution >= 4 is 40.1 Å². The summed E-state index contributed by atoms with van der Waals surface area (Å²) in [5, 5.41) is 14.1. The number of halogens is 5. The number of pyridine rings is 1. The molecule has 0 bridgehead atoms. The van der Waals surface area contributed by atoms with Crippen LogP contribution in [0.25, 0.3) is 22.0 Å². The molecule has 0 spiro atoms. The highest BCUT2D eigenvalue weighted by atomic mass is 35.5. The number of hydrogen-bond donors (Lipinski definition) is 2. The minimum Gasteiger partial charge on any atom is -0.481 e. The predicted octanol–water partition coefficient (Wildman–Crippen LogP) is 5.91. The number of benzene rings is 3. The second-order valence-electron chi connectivity index (χ2n) is 9.14. The first-order chi connectivity index (χ1) is 18.9. The maximum atomic E-state index is 14.7. The quantitative estimate of drug-likeness (QED) is 0.281. The molecular weight excluding hydrogens is 554 g/mol. The average molecular weight is 572 g/mol. The van der Waals surface area contributed by atoms with Crippen LogP contribution in [0, 0.1) is 11.6 Å². The number of amides is 1. The van der Waals surface area contributed by atoms with Gasteiger partial charge >= 0.3 is 17.8 Å². The highest BCUT2D eigenvalue weighted by Crippen LogP contribution is 2.39. The Labute approximate surface area is 228 Å². The maximum Gasteiger partial charge on any atom is 0.337 e. The highest BCUT2D eigenvalue weighted by Gasteiger charge is 2.49. The summed E-state index contributed by atoms with van der Waals surface area (Å²) >= 11 is 5.96. The number of carbonyl (C=O) groups excluding carboxylic acids is 1. The van der Waals surface area contributed by atoms with Gasteiger partial charge in [0.2, 0.25) is 0 Å². The van der Waals surface area contributed by atoms with Crippen molar-refractivity contribution in [2.24, 2.45) is 5.10 Å². The minimum atomic E-state index is -4.31. The van der Waals surface area contributed by atoms with Gasteiger partial charge in [0.05, 0.1) is 17.3 Å². The third-order valence-electron chi connectivity index (χ3n) is 6.46. The van der Waals surface area contributed by atoms with Crippen molar-refractivity contribution in [3.05, 3.63) is 105 Å². The number of hydrazone groups is 1. The van der Waals surface area contributed by atoms with E-state index in [0.29, 0.717) is 21.2 Å². The van der Waals surface area contributed by atoms with Crippen molar-refractivity contribution in [2.75, 3.05) is 0 Å². The Morgan fingerprint density at radius 1 is 1.00 bits per heavy atom. The molecule has 12 heteroatoms. The molecule has 1 aromatic heterocycles. The number of fused-ring (bicyclic) bond motifs is 1. The molecule has 3 aromatic carbocycles. The second-order valence-corrected chi connectivity index (χ2v) is 9.58. The molecule has 0 saturated heterocycles. The van der Waals surface area contributed by atoms with Crippen LogP contribution in [0.4, 0.5) is 17.6 Å². The van der Waals surface area contributed by atoms with Crippen molar-refractivity contribution in [2.45, 2.75) is 24.8 Å². The van der Waals surface area contributed by atoms with E-state index in [0.717, 1.165) is 24.3 Å². The molecule has 1 aliphatic rings. The van der Waals surface area contributed by atoms with Crippen molar-refractivity contribution in [1.82, 2.24) is 9.99 Å². The van der Waals surface area contributed by atoms with Crippen LogP contribution in [-0.2, 0) is 9.59 Å². The number of aliphatic carboxylic acids is 1. The zero-order valence-electron chi connectivity index (χ0n) is 20.3. The molecule has 1 amide bonds. The van der Waals surface area contributed by atoms with Gasteiger partial charge in [0.15, 0.2) is 0 Å². The van der Waals surface area contributed by atoms with Gasteiger partial charge in [-0.2, -0.15) is 13.9 Å². The number of carboxylic acids is 1. The zero-order valence-corrected chi connectivity index (χ0v) is 21.1. The zero-order chi connectivity index (χ0) is 28.8. The first-order valence-corrected chi connectivity index (χ1v) is 12.2. The first kappa shape index (κ1) is 27.1. The van der Waals surface area contributed by atoms with Gasteiger partial charge in [-0.05, 0) is 53.6 Å². The molecule has 0 aliphatic carbocycles. The van der Waals surface area contributed by atoms with Gasteiger partial charge in [-0.15, -0.1) is 0 Å². The Kier molecular flexibility index (Phi) is 6.92. The van der Waals surface area contributed by atoms with Gasteiger partial charge in [-0.3, -0.25) is 14.4 Å². The summed E-state index contributed by atoms with van der Waals surface area (Å²) in [6.07, 6.45) is -1.99. The van der Waals surface area contributed by atoms with Gasteiger partial charge in [0, 0.05) is 27.9 Å². The highest BCUT2D eigenvalue weighted by molar-refractivity contribution is 6.30. The van der Waals surface area contributed by atoms with Gasteiger partial charge in [0.25, 0.3) is 5.56 Å². The number of nitrogens with one attached hydrogen (secondary N) is 1. The summed E-state index contributed by atoms with van der Waals surface area (Å²) in [6.45, 7) is 0. The Balaban J connectivity index is 1.74. The number of H-pyrrole nitrogens is 1. The number of carbonyl (C=O) groups is 2. The molecule has 0 radical (unpaired) electrons. The van der Waals surface area contributed by atoms with Crippen LogP contribution >= 0.6 is 11.6 Å². The van der Waals surface area contributed by atoms with Gasteiger partial charge in [-0.25, -0.2) is 13.8 Å². The van der Waals surface area contributed by atoms with E-state index in [1.54, 1.807) is 0 Å². The van der Waals surface area contributed by atoms with E-state index in [2.05, 4.69) is 10.1 Å². The normalized spacial score (nSPS) is 15.4. The third kappa shape index (κ3) is 5.07. The number of nitrogens with zero attached hydrogens (tertiary/aromatic N) is 2. The lowest BCUT2D eigenvalue weighted by Gasteiger charge is -2.25. The molecule has 40 heavy (non-hydrogen) atoms. The molecular formula is C28H18ClF4N3O4. The minimum absolute atomic E-state index is 0.0915. The van der Waals surface area contributed by atoms with Crippen LogP contribution < -0.4 is 5.56 Å². The summed E-state index contributed by atoms with van der Waals surface area (Å²) in [4.78, 5) is 40.0. The smallest absolute Gasteiger partial charge is 0.337 e. The van der Waals surface area contributed by atoms with E-state index in [1.807, 2.05) is 0 Å². The van der Waals surface area contributed by atoms with E-state index in [1.165, 1.54) is 42.5 Å². The van der Waals surface area contributed by atoms with Crippen LogP contribution in [-0.4, -0.2) is 38.6 Å². The number of aromatic nitrogens is 1. The molecule has 1 aliphatic heterocycles. The SMILES string of the molecule is O=C(O)CC(F)(F)C(=O)N1N=C(c2c(-c3ccc(F)cc3)c3cc(F)ccc3[nH]c2=O)CC1c1ccc(Cl)cc1. The summed E-state index contributed by atoms with van der Waals surface area (Å²) in [7, 11) is 0. The van der Waals surface area contributed by atoms with Crippen LogP contribution in [0.2, 0.25) is 5.02 Å². The Morgan fingerprint density at radius 3 is 2.30 bits per heavy atom. The van der Waals surface area contributed by atoms with Crippen molar-refractivity contribution in [3.8, 4) is 11.1 Å². The lowest BCUT2D eigenvalue weighted by Crippen LogP contribution is -2.42. The second kappa shape index (κ2) is 10.2. The van der Waals surface area contributed by atoms with Crippen LogP contribution in [0.5, 0.6) is 0 Å². The van der Waals surface area contributed by atoms with E-state index >= 15 is 0 Å². The Bertz CT molecular complexity index is 1740. The Morgan fingerprint density at radius 2 is 1.65 bits per heavy atom. The standard InChI is InChI=1S/C28H18ClF4N3O4/c29-16-5-1-14(2-6-16)22-12-21(35-36(22)27(40)28(32,33)13-23(37)38)25-24(15-3-7-17(30)8-4-15)19-11-18(31)9-10-20(19)34-26(25)39/h1-11,22H,12-13H2,(H,34,39)(H,37,38). The van der Waals surface area contributed by atoms with E-state index in [4.69, 9.17) is 16.7 Å². The molecule has 4 aromatic rings. The predicted molar refractivity (Wildman–Crippen MR) is 139 cm³/mol. The summed E-state index contributed by atoms with van der Waals surface area (Å²) in [6, 6.07) is 13.4. The summed E-state index contributed by atoms with van der Waals surface area (Å²) in [5.74, 6) is -9.28. The number of rotatable bonds is 6. The molecule has 204 valence electrons. The molecule has 7 nitrogen and oxygen atoms in total. The molecule has 0 saturated carbocycles. The molecule has 1 unspecified atom stereocenters. The molecule has 0 fully saturated rings. The van der Waals surface area contributed by atoms with E-state index in [-0.39, 0.29) is 34.2 Å². The topological polar surface area (TPSA) is 103 Å². The third-order valence-corrected chi connectivity index (χ3v) is 6.71. The van der Waals surface area contributed by atoms with Crippen LogP contribution in [0.3, 0.4) is 0 Å². The van der Waals surface area contributed by atoms with E-state index in [9.17, 15) is 31.9 Å². The van der Waals surface area contributed by atoms with Crippen molar-refractivity contribution in [3.63, 3.8) is 0 Å². The molecule has 2 heterocycles. The fourth-order valence-corrected chi connectivity index (χ4v) is 4.81. The van der Waals surface area contributed by atoms with Gasteiger partial charge in [0.1, 0.15) is 18.1 Å². The summed E-state index contributed by atoms with van der Waals surface area (Å²) in [5.41, 5.74) is 0.117. The average Bonchev–Trinajstić information content (AvgIpc) is 3.32. The van der Waals surface area contributed by atoms with Gasteiger partial charge < -0.3 is 10.1 Å². The molecule has 5 rings (SSSR count). The van der Waals surface area contributed by atoms with Gasteiger partial charge in [-0.1, -0.05) is 35.9 Å². The number of hydrogen-bond acceptors (Lipinski definition) is 4. The summed E-state index contributed by atoms with van der Waals surface area (Å²) < 4.78 is 57.5. The molecule has 2 N–H and O–H groups in total. The Hall–Kier alpha value is -4.51. The van der Waals surface area contributed by atoms with E-state index < -0.39 is 47.5 Å². The lowest BCUT2D eigenvalue weighted by molar-refractivity contribution is -0.167. The number of alkyl halides is 2. The number of carboxylic acid groups (broad SMARTS) is 1. The monoisotopic (exact) mass is 571 g/mol. The lowest BCUT2D eigenvalue weighted by atomic mass is 9.91. The fourth-order valence-electron chi connectivity index (χ4n) is 4.68. The van der Waals surface area contributed by atoms with Crippen LogP contribution in [0.1, 0.15) is 30.0 Å². The number of aromatic amines is 1. The van der Waals surface area contributed by atoms with Crippen LogP contribution in [0.15, 0.2) is 76.6 Å². The van der Waals surface area contributed by atoms with Crippen molar-refractivity contribution < 1.29 is 32.3 Å². The van der Waals surface area contributed by atoms with Crippen molar-refractivity contribution in [1.29, 1.82) is 0 Å². The first-order valence-electron chi connectivity index (χ1n) is 11.8.